The number of amides is 1. The van der Waals surface area contributed by atoms with Crippen molar-refractivity contribution < 1.29 is 18.0 Å². The van der Waals surface area contributed by atoms with E-state index in [2.05, 4.69) is 5.32 Å². The maximum atomic E-state index is 12.5. The second-order valence-electron chi connectivity index (χ2n) is 6.29. The smallest absolute Gasteiger partial charge is 0.339 e. The quantitative estimate of drug-likeness (QED) is 0.833. The zero-order valence-corrected chi connectivity index (χ0v) is 13.5. The van der Waals surface area contributed by atoms with Gasteiger partial charge < -0.3 is 10.2 Å². The van der Waals surface area contributed by atoms with E-state index >= 15 is 0 Å². The van der Waals surface area contributed by atoms with Gasteiger partial charge in [0.05, 0.1) is 0 Å². The highest BCUT2D eigenvalue weighted by molar-refractivity contribution is 8.00. The number of piperidine rings is 1. The van der Waals surface area contributed by atoms with Crippen molar-refractivity contribution in [1.29, 1.82) is 0 Å². The lowest BCUT2D eigenvalue weighted by Gasteiger charge is -2.38. The fraction of sp³-hybridized carbons (Fsp3) is 0.562. The Morgan fingerprint density at radius 1 is 1.13 bits per heavy atom. The lowest BCUT2D eigenvalue weighted by molar-refractivity contribution is -0.0328. The number of carbonyl (C=O) groups is 1. The highest BCUT2D eigenvalue weighted by Crippen LogP contribution is 2.38. The molecule has 1 aromatic carbocycles. The number of carbonyl (C=O) groups excluding carboxylic acids is 1. The first kappa shape index (κ1) is 16.6. The van der Waals surface area contributed by atoms with E-state index in [-0.39, 0.29) is 22.6 Å². The molecule has 1 spiro atoms. The molecule has 1 amide bonds. The van der Waals surface area contributed by atoms with Crippen LogP contribution in [0.25, 0.3) is 0 Å². The van der Waals surface area contributed by atoms with Gasteiger partial charge in [-0.05, 0) is 67.2 Å². The van der Waals surface area contributed by atoms with Gasteiger partial charge in [0.1, 0.15) is 0 Å². The molecule has 126 valence electrons. The number of alkyl halides is 3. The van der Waals surface area contributed by atoms with E-state index in [1.165, 1.54) is 30.7 Å². The van der Waals surface area contributed by atoms with Crippen molar-refractivity contribution in [3.8, 4) is 0 Å². The van der Waals surface area contributed by atoms with Crippen LogP contribution in [0.15, 0.2) is 29.2 Å². The molecule has 2 aliphatic rings. The van der Waals surface area contributed by atoms with Gasteiger partial charge in [-0.1, -0.05) is 0 Å². The summed E-state index contributed by atoms with van der Waals surface area (Å²) in [6, 6.07) is 5.69. The van der Waals surface area contributed by atoms with Gasteiger partial charge in [-0.3, -0.25) is 4.79 Å². The van der Waals surface area contributed by atoms with Crippen LogP contribution < -0.4 is 5.32 Å². The molecule has 1 aromatic rings. The van der Waals surface area contributed by atoms with E-state index in [4.69, 9.17) is 0 Å². The van der Waals surface area contributed by atoms with Crippen LogP contribution in [0.1, 0.15) is 29.6 Å². The lowest BCUT2D eigenvalue weighted by atomic mass is 9.78. The maximum Gasteiger partial charge on any atom is 0.446 e. The molecule has 0 aliphatic carbocycles. The number of benzene rings is 1. The molecule has 0 atom stereocenters. The predicted molar refractivity (Wildman–Crippen MR) is 83.4 cm³/mol. The number of halogens is 3. The van der Waals surface area contributed by atoms with Crippen molar-refractivity contribution in [1.82, 2.24) is 10.2 Å². The Labute approximate surface area is 137 Å². The maximum absolute atomic E-state index is 12.5. The van der Waals surface area contributed by atoms with Crippen LogP contribution in [0.5, 0.6) is 0 Å². The van der Waals surface area contributed by atoms with E-state index in [1.807, 2.05) is 4.90 Å². The van der Waals surface area contributed by atoms with Crippen molar-refractivity contribution in [2.45, 2.75) is 29.7 Å². The SMILES string of the molecule is O=C(c1ccc(SC(F)(F)F)cc1)N1CCC2(CCNC2)CC1. The van der Waals surface area contributed by atoms with Gasteiger partial charge in [-0.2, -0.15) is 13.2 Å². The summed E-state index contributed by atoms with van der Waals surface area (Å²) in [5, 5.41) is 3.39. The van der Waals surface area contributed by atoms with Crippen LogP contribution in [-0.4, -0.2) is 42.5 Å². The molecule has 2 saturated heterocycles. The molecular formula is C16H19F3N2OS. The zero-order valence-electron chi connectivity index (χ0n) is 12.7. The van der Waals surface area contributed by atoms with E-state index in [0.29, 0.717) is 11.0 Å². The summed E-state index contributed by atoms with van der Waals surface area (Å²) >= 11 is -0.162. The van der Waals surface area contributed by atoms with E-state index in [9.17, 15) is 18.0 Å². The standard InChI is InChI=1S/C16H19F3N2OS/c17-16(18,19)23-13-3-1-12(2-4-13)14(22)21-9-6-15(7-10-21)5-8-20-11-15/h1-4,20H,5-11H2. The Bertz CT molecular complexity index is 558. The third-order valence-corrected chi connectivity index (χ3v) is 5.52. The molecule has 0 radical (unpaired) electrons. The summed E-state index contributed by atoms with van der Waals surface area (Å²) in [5.74, 6) is -0.0886. The molecule has 3 nitrogen and oxygen atoms in total. The minimum atomic E-state index is -4.30. The first-order chi connectivity index (χ1) is 10.9. The Morgan fingerprint density at radius 3 is 2.30 bits per heavy atom. The van der Waals surface area contributed by atoms with Crippen LogP contribution in [0.2, 0.25) is 0 Å². The Hall–Kier alpha value is -1.21. The predicted octanol–water partition coefficient (Wildman–Crippen LogP) is 3.51. The number of hydrogen-bond donors (Lipinski definition) is 1. The molecule has 0 aromatic heterocycles. The molecule has 23 heavy (non-hydrogen) atoms. The van der Waals surface area contributed by atoms with Crippen molar-refractivity contribution in [3.05, 3.63) is 29.8 Å². The average Bonchev–Trinajstić information content (AvgIpc) is 2.95. The fourth-order valence-corrected chi connectivity index (χ4v) is 3.93. The third-order valence-electron chi connectivity index (χ3n) is 4.78. The van der Waals surface area contributed by atoms with Crippen LogP contribution in [0.4, 0.5) is 13.2 Å². The Kier molecular flexibility index (Phi) is 4.60. The number of nitrogens with zero attached hydrogens (tertiary/aromatic N) is 1. The first-order valence-electron chi connectivity index (χ1n) is 7.73. The summed E-state index contributed by atoms with van der Waals surface area (Å²) in [5.41, 5.74) is -3.51. The lowest BCUT2D eigenvalue weighted by Crippen LogP contribution is -2.44. The molecule has 2 fully saturated rings. The number of likely N-dealkylation sites (tertiary alicyclic amines) is 1. The topological polar surface area (TPSA) is 32.3 Å². The second-order valence-corrected chi connectivity index (χ2v) is 7.43. The van der Waals surface area contributed by atoms with E-state index in [0.717, 1.165) is 39.0 Å². The van der Waals surface area contributed by atoms with Gasteiger partial charge >= 0.3 is 5.51 Å². The molecule has 2 heterocycles. The number of thioether (sulfide) groups is 1. The van der Waals surface area contributed by atoms with Gasteiger partial charge in [0, 0.05) is 30.1 Å². The van der Waals surface area contributed by atoms with E-state index in [1.54, 1.807) is 0 Å². The van der Waals surface area contributed by atoms with Crippen LogP contribution >= 0.6 is 11.8 Å². The summed E-state index contributed by atoms with van der Waals surface area (Å²) in [6.45, 7) is 3.52. The van der Waals surface area contributed by atoms with Crippen LogP contribution in [-0.2, 0) is 0 Å². The normalized spacial score (nSPS) is 20.9. The number of rotatable bonds is 2. The highest BCUT2D eigenvalue weighted by Gasteiger charge is 2.38. The minimum Gasteiger partial charge on any atom is -0.339 e. The summed E-state index contributed by atoms with van der Waals surface area (Å²) in [7, 11) is 0. The molecule has 3 rings (SSSR count). The zero-order chi connectivity index (χ0) is 16.5. The largest absolute Gasteiger partial charge is 0.446 e. The molecular weight excluding hydrogens is 325 g/mol. The third kappa shape index (κ3) is 4.01. The summed E-state index contributed by atoms with van der Waals surface area (Å²) < 4.78 is 37.0. The van der Waals surface area contributed by atoms with Crippen LogP contribution in [0, 0.1) is 5.41 Å². The van der Waals surface area contributed by atoms with Gasteiger partial charge in [-0.15, -0.1) is 0 Å². The minimum absolute atomic E-state index is 0.0886. The van der Waals surface area contributed by atoms with Crippen molar-refractivity contribution in [2.75, 3.05) is 26.2 Å². The highest BCUT2D eigenvalue weighted by atomic mass is 32.2. The second kappa shape index (κ2) is 6.36. The molecule has 7 heteroatoms. The number of hydrogen-bond acceptors (Lipinski definition) is 3. The van der Waals surface area contributed by atoms with Crippen molar-refractivity contribution >= 4 is 17.7 Å². The van der Waals surface area contributed by atoms with Gasteiger partial charge in [0.15, 0.2) is 0 Å². The summed E-state index contributed by atoms with van der Waals surface area (Å²) in [4.78, 5) is 14.4. The van der Waals surface area contributed by atoms with Gasteiger partial charge in [0.2, 0.25) is 0 Å². The van der Waals surface area contributed by atoms with Crippen LogP contribution in [0.3, 0.4) is 0 Å². The Morgan fingerprint density at radius 2 is 1.78 bits per heavy atom. The van der Waals surface area contributed by atoms with Crippen molar-refractivity contribution in [3.63, 3.8) is 0 Å². The van der Waals surface area contributed by atoms with E-state index < -0.39 is 5.51 Å². The molecule has 1 N–H and O–H groups in total. The monoisotopic (exact) mass is 344 g/mol. The van der Waals surface area contributed by atoms with Crippen molar-refractivity contribution in [2.24, 2.45) is 5.41 Å². The first-order valence-corrected chi connectivity index (χ1v) is 8.54. The number of nitrogens with one attached hydrogen (secondary N) is 1. The molecule has 0 unspecified atom stereocenters. The average molecular weight is 344 g/mol. The molecule has 2 aliphatic heterocycles. The van der Waals surface area contributed by atoms with Gasteiger partial charge in [0.25, 0.3) is 5.91 Å². The van der Waals surface area contributed by atoms with Gasteiger partial charge in [-0.25, -0.2) is 0 Å². The summed E-state index contributed by atoms with van der Waals surface area (Å²) in [6.07, 6.45) is 3.15. The fourth-order valence-electron chi connectivity index (χ4n) is 3.39. The Balaban J connectivity index is 1.60. The molecule has 0 saturated carbocycles. The molecule has 0 bridgehead atoms.